The summed E-state index contributed by atoms with van der Waals surface area (Å²) in [5, 5.41) is 8.57. The molecular formula is C35H36FN9O. The van der Waals surface area contributed by atoms with Gasteiger partial charge in [-0.3, -0.25) is 24.9 Å². The van der Waals surface area contributed by atoms with E-state index in [0.29, 0.717) is 40.6 Å². The largest absolute Gasteiger partial charge is 0.492 e. The minimum Gasteiger partial charge on any atom is -0.492 e. The molecule has 2 N–H and O–H groups in total. The fourth-order valence-corrected chi connectivity index (χ4v) is 6.71. The van der Waals surface area contributed by atoms with E-state index in [1.807, 2.05) is 30.6 Å². The zero-order valence-corrected chi connectivity index (χ0v) is 25.7. The van der Waals surface area contributed by atoms with Gasteiger partial charge in [0.25, 0.3) is 0 Å². The molecule has 2 aliphatic rings. The maximum absolute atomic E-state index is 14.8. The average molecular weight is 618 g/mol. The third kappa shape index (κ3) is 5.95. The fraction of sp³-hybridized carbons (Fsp3) is 0.343. The van der Waals surface area contributed by atoms with Gasteiger partial charge >= 0.3 is 0 Å². The second-order valence-corrected chi connectivity index (χ2v) is 12.3. The number of benzene rings is 1. The van der Waals surface area contributed by atoms with Gasteiger partial charge in [0.15, 0.2) is 11.5 Å². The van der Waals surface area contributed by atoms with E-state index in [0.717, 1.165) is 67.0 Å². The maximum Gasteiger partial charge on any atom is 0.178 e. The number of hydrogen-bond donors (Lipinski definition) is 2. The Morgan fingerprint density at radius 1 is 0.848 bits per heavy atom. The predicted molar refractivity (Wildman–Crippen MR) is 176 cm³/mol. The number of imidazole rings is 1. The van der Waals surface area contributed by atoms with Crippen LogP contribution < -0.4 is 4.74 Å². The first-order valence-corrected chi connectivity index (χ1v) is 16.2. The summed E-state index contributed by atoms with van der Waals surface area (Å²) in [5.41, 5.74) is 7.11. The Kier molecular flexibility index (Phi) is 7.85. The number of piperidine rings is 1. The van der Waals surface area contributed by atoms with E-state index in [-0.39, 0.29) is 5.82 Å². The van der Waals surface area contributed by atoms with Crippen LogP contribution in [-0.4, -0.2) is 84.2 Å². The molecule has 2 aliphatic heterocycles. The highest BCUT2D eigenvalue weighted by molar-refractivity contribution is 5.96. The lowest BCUT2D eigenvalue weighted by molar-refractivity contribution is 0.220. The monoisotopic (exact) mass is 617 g/mol. The van der Waals surface area contributed by atoms with Crippen LogP contribution in [0.2, 0.25) is 0 Å². The van der Waals surface area contributed by atoms with E-state index in [1.165, 1.54) is 49.8 Å². The van der Waals surface area contributed by atoms with Gasteiger partial charge < -0.3 is 9.72 Å². The van der Waals surface area contributed by atoms with Crippen LogP contribution in [-0.2, 0) is 6.54 Å². The highest BCUT2D eigenvalue weighted by Gasteiger charge is 2.18. The molecule has 2 saturated heterocycles. The summed E-state index contributed by atoms with van der Waals surface area (Å²) in [7, 11) is 0. The van der Waals surface area contributed by atoms with Crippen molar-refractivity contribution in [3.63, 3.8) is 0 Å². The molecule has 0 spiro atoms. The summed E-state index contributed by atoms with van der Waals surface area (Å²) in [6.07, 6.45) is 13.6. The summed E-state index contributed by atoms with van der Waals surface area (Å²) in [5.74, 6) is 0.715. The number of nitrogens with zero attached hydrogens (tertiary/aromatic N) is 7. The second-order valence-electron chi connectivity index (χ2n) is 12.3. The predicted octanol–water partition coefficient (Wildman–Crippen LogP) is 6.22. The number of rotatable bonds is 9. The van der Waals surface area contributed by atoms with Crippen LogP contribution >= 0.6 is 0 Å². The number of pyridine rings is 3. The number of H-pyrrole nitrogens is 2. The van der Waals surface area contributed by atoms with E-state index in [4.69, 9.17) is 14.7 Å². The van der Waals surface area contributed by atoms with Crippen molar-refractivity contribution in [1.82, 2.24) is 44.9 Å². The van der Waals surface area contributed by atoms with Crippen LogP contribution in [0.3, 0.4) is 0 Å². The Hall–Kier alpha value is -4.74. The molecule has 0 unspecified atom stereocenters. The molecule has 46 heavy (non-hydrogen) atoms. The van der Waals surface area contributed by atoms with Gasteiger partial charge in [-0.15, -0.1) is 0 Å². The Bertz CT molecular complexity index is 1990. The smallest absolute Gasteiger partial charge is 0.178 e. The van der Waals surface area contributed by atoms with Crippen molar-refractivity contribution < 1.29 is 9.13 Å². The zero-order valence-electron chi connectivity index (χ0n) is 25.7. The number of aromatic amines is 2. The molecule has 1 aromatic carbocycles. The van der Waals surface area contributed by atoms with Crippen molar-refractivity contribution in [2.24, 2.45) is 0 Å². The lowest BCUT2D eigenvalue weighted by atomic mass is 10.1. The standard InChI is InChI=1S/C35H36FN9O/c36-26-15-24(16-27(17-26)46-13-12-44-8-4-5-9-44)28-6-7-38-34-32(28)40-35(41-34)33-29-18-30(39-21-31(29)42-43-33)25-14-23(19-37-20-25)22-45-10-2-1-3-11-45/h6-7,14-21H,1-5,8-13,22H2,(H,42,43)(H,38,40,41). The quantitative estimate of drug-likeness (QED) is 0.197. The normalized spacial score (nSPS) is 16.1. The number of likely N-dealkylation sites (tertiary alicyclic amines) is 2. The van der Waals surface area contributed by atoms with Gasteiger partial charge in [-0.1, -0.05) is 6.42 Å². The van der Waals surface area contributed by atoms with Crippen LogP contribution in [0.15, 0.2) is 61.2 Å². The maximum atomic E-state index is 14.8. The van der Waals surface area contributed by atoms with E-state index in [9.17, 15) is 4.39 Å². The lowest BCUT2D eigenvalue weighted by Gasteiger charge is -2.26. The first kappa shape index (κ1) is 28.7. The molecule has 0 bridgehead atoms. The Balaban J connectivity index is 1.08. The molecular weight excluding hydrogens is 581 g/mol. The summed E-state index contributed by atoms with van der Waals surface area (Å²) in [6, 6.07) is 10.9. The van der Waals surface area contributed by atoms with Crippen LogP contribution in [0.25, 0.3) is 56.0 Å². The molecule has 10 nitrogen and oxygen atoms in total. The van der Waals surface area contributed by atoms with Gasteiger partial charge in [-0.2, -0.15) is 5.10 Å². The molecule has 0 amide bonds. The van der Waals surface area contributed by atoms with Crippen LogP contribution in [0.1, 0.15) is 37.7 Å². The van der Waals surface area contributed by atoms with Crippen molar-refractivity contribution >= 4 is 22.1 Å². The Labute approximate surface area is 266 Å². The molecule has 2 fully saturated rings. The van der Waals surface area contributed by atoms with Gasteiger partial charge in [0.1, 0.15) is 23.9 Å². The second kappa shape index (κ2) is 12.6. The minimum absolute atomic E-state index is 0.355. The van der Waals surface area contributed by atoms with Gasteiger partial charge in [-0.05, 0) is 93.3 Å². The van der Waals surface area contributed by atoms with Crippen LogP contribution in [0, 0.1) is 5.82 Å². The van der Waals surface area contributed by atoms with Crippen molar-refractivity contribution in [3.8, 4) is 39.7 Å². The molecule has 0 aliphatic carbocycles. The fourth-order valence-electron chi connectivity index (χ4n) is 6.71. The number of fused-ring (bicyclic) bond motifs is 2. The molecule has 0 radical (unpaired) electrons. The summed E-state index contributed by atoms with van der Waals surface area (Å²) < 4.78 is 20.8. The van der Waals surface area contributed by atoms with E-state index >= 15 is 0 Å². The van der Waals surface area contributed by atoms with Crippen molar-refractivity contribution in [2.45, 2.75) is 38.6 Å². The Morgan fingerprint density at radius 2 is 1.70 bits per heavy atom. The van der Waals surface area contributed by atoms with Crippen LogP contribution in [0.4, 0.5) is 4.39 Å². The van der Waals surface area contributed by atoms with E-state index in [1.54, 1.807) is 12.4 Å². The van der Waals surface area contributed by atoms with Gasteiger partial charge in [0.2, 0.25) is 0 Å². The highest BCUT2D eigenvalue weighted by atomic mass is 19.1. The van der Waals surface area contributed by atoms with Gasteiger partial charge in [0.05, 0.1) is 22.9 Å². The SMILES string of the molecule is Fc1cc(OCCN2CCCC2)cc(-c2ccnc3nc(-c4n[nH]c5cnc(-c6cncc(CN7CCCCC7)c6)cc45)[nH]c23)c1. The first-order valence-electron chi connectivity index (χ1n) is 16.2. The molecule has 11 heteroatoms. The van der Waals surface area contributed by atoms with E-state index < -0.39 is 0 Å². The number of ether oxygens (including phenoxy) is 1. The highest BCUT2D eigenvalue weighted by Crippen LogP contribution is 2.33. The lowest BCUT2D eigenvalue weighted by Crippen LogP contribution is -2.29. The van der Waals surface area contributed by atoms with Gasteiger partial charge in [0, 0.05) is 54.3 Å². The molecule has 6 aromatic rings. The third-order valence-electron chi connectivity index (χ3n) is 9.07. The third-order valence-corrected chi connectivity index (χ3v) is 9.07. The van der Waals surface area contributed by atoms with Gasteiger partial charge in [-0.25, -0.2) is 14.4 Å². The van der Waals surface area contributed by atoms with Crippen molar-refractivity contribution in [1.29, 1.82) is 0 Å². The number of nitrogens with one attached hydrogen (secondary N) is 2. The minimum atomic E-state index is -0.355. The molecule has 234 valence electrons. The molecule has 5 aromatic heterocycles. The number of halogens is 1. The average Bonchev–Trinajstić information content (AvgIpc) is 3.85. The van der Waals surface area contributed by atoms with Crippen molar-refractivity contribution in [2.75, 3.05) is 39.3 Å². The zero-order chi connectivity index (χ0) is 30.9. The number of aromatic nitrogens is 7. The Morgan fingerprint density at radius 3 is 2.59 bits per heavy atom. The van der Waals surface area contributed by atoms with Crippen molar-refractivity contribution in [3.05, 3.63) is 72.6 Å². The van der Waals surface area contributed by atoms with E-state index in [2.05, 4.69) is 41.0 Å². The molecule has 7 heterocycles. The summed E-state index contributed by atoms with van der Waals surface area (Å²) in [4.78, 5) is 26.8. The summed E-state index contributed by atoms with van der Waals surface area (Å²) >= 11 is 0. The molecule has 8 rings (SSSR count). The summed E-state index contributed by atoms with van der Waals surface area (Å²) in [6.45, 7) is 6.71. The number of hydrogen-bond acceptors (Lipinski definition) is 8. The first-order chi connectivity index (χ1) is 22.7. The van der Waals surface area contributed by atoms with Crippen LogP contribution in [0.5, 0.6) is 5.75 Å². The molecule has 0 saturated carbocycles. The topological polar surface area (TPSA) is 112 Å². The molecule has 0 atom stereocenters.